The Morgan fingerprint density at radius 3 is 1.39 bits per heavy atom. The highest BCUT2D eigenvalue weighted by atomic mass is 35.5. The number of nitrogens with one attached hydrogen (secondary N) is 2. The predicted molar refractivity (Wildman–Crippen MR) is 261 cm³/mol. The van der Waals surface area contributed by atoms with E-state index >= 15 is 0 Å². The number of piperidine rings is 1. The van der Waals surface area contributed by atoms with Crippen LogP contribution in [0.1, 0.15) is 49.4 Å². The molecule has 7 aromatic rings. The van der Waals surface area contributed by atoms with Gasteiger partial charge in [-0.15, -0.1) is 22.7 Å². The molecule has 2 fully saturated rings. The van der Waals surface area contributed by atoms with Crippen molar-refractivity contribution >= 4 is 106 Å². The van der Waals surface area contributed by atoms with E-state index in [1.54, 1.807) is 77.6 Å². The van der Waals surface area contributed by atoms with Gasteiger partial charge in [0.1, 0.15) is 19.5 Å². The molecule has 4 aromatic carbocycles. The number of aromatic nitrogens is 3. The lowest BCUT2D eigenvalue weighted by Gasteiger charge is -2.35. The number of benzene rings is 4. The SMILES string of the molecule is O=C(NCc1ccc(S(=O)(=O)N2CCC(n3nc4ccccc4n3)CC2)s1)c1ccc(Cl)cc1.O=C(NCc1ccc(S(=O)(=O)N2CCN(c3ccc(Cl)cc3)CC2)s1)c1ccc(Cl)cc1. The largest absolute Gasteiger partial charge is 0.369 e. The second-order valence-corrected chi connectivity index (χ2v) is 23.3. The van der Waals surface area contributed by atoms with Crippen molar-refractivity contribution < 1.29 is 26.4 Å². The van der Waals surface area contributed by atoms with Gasteiger partial charge in [-0.2, -0.15) is 23.6 Å². The molecule has 0 aliphatic carbocycles. The van der Waals surface area contributed by atoms with Crippen LogP contribution in [0, 0.1) is 0 Å². The summed E-state index contributed by atoms with van der Waals surface area (Å²) in [5.74, 6) is -0.478. The average molecular weight is 1030 g/mol. The summed E-state index contributed by atoms with van der Waals surface area (Å²) in [5, 5.41) is 16.5. The minimum Gasteiger partial charge on any atom is -0.369 e. The number of hydrogen-bond acceptors (Lipinski definition) is 11. The summed E-state index contributed by atoms with van der Waals surface area (Å²) in [7, 11) is -7.16. The van der Waals surface area contributed by atoms with Crippen LogP contribution in [0.25, 0.3) is 11.0 Å². The normalized spacial score (nSPS) is 15.3. The quantitative estimate of drug-likeness (QED) is 0.122. The molecule has 0 saturated carbocycles. The van der Waals surface area contributed by atoms with Gasteiger partial charge in [-0.05, 0) is 122 Å². The highest BCUT2D eigenvalue weighted by Gasteiger charge is 2.33. The number of hydrogen-bond donors (Lipinski definition) is 2. The van der Waals surface area contributed by atoms with Crippen molar-refractivity contribution in [3.63, 3.8) is 0 Å². The van der Waals surface area contributed by atoms with Gasteiger partial charge >= 0.3 is 0 Å². The van der Waals surface area contributed by atoms with Crippen molar-refractivity contribution in [1.29, 1.82) is 0 Å². The molecule has 0 bridgehead atoms. The first kappa shape index (κ1) is 47.6. The van der Waals surface area contributed by atoms with Crippen LogP contribution in [0.3, 0.4) is 0 Å². The molecule has 5 heterocycles. The lowest BCUT2D eigenvalue weighted by atomic mass is 10.1. The molecule has 9 rings (SSSR count). The first-order chi connectivity index (χ1) is 31.7. The van der Waals surface area contributed by atoms with Crippen molar-refractivity contribution in [3.8, 4) is 0 Å². The van der Waals surface area contributed by atoms with Gasteiger partial charge < -0.3 is 15.5 Å². The molecule has 344 valence electrons. The summed E-state index contributed by atoms with van der Waals surface area (Å²) in [5.41, 5.74) is 3.70. The number of rotatable bonds is 12. The molecule has 66 heavy (non-hydrogen) atoms. The lowest BCUT2D eigenvalue weighted by Crippen LogP contribution is -2.48. The number of thiophene rings is 2. The lowest BCUT2D eigenvalue weighted by molar-refractivity contribution is 0.0943. The van der Waals surface area contributed by atoms with Crippen LogP contribution in [-0.2, 0) is 33.1 Å². The van der Waals surface area contributed by atoms with Gasteiger partial charge in [0.2, 0.25) is 0 Å². The third-order valence-electron chi connectivity index (χ3n) is 11.0. The first-order valence-corrected chi connectivity index (χ1v) is 26.4. The molecule has 2 aliphatic rings. The van der Waals surface area contributed by atoms with Gasteiger partial charge in [-0.25, -0.2) is 16.8 Å². The van der Waals surface area contributed by atoms with E-state index in [-0.39, 0.29) is 39.4 Å². The maximum absolute atomic E-state index is 13.2. The van der Waals surface area contributed by atoms with Crippen molar-refractivity contribution in [2.45, 2.75) is 40.4 Å². The monoisotopic (exact) mass is 1020 g/mol. The van der Waals surface area contributed by atoms with E-state index in [1.807, 2.05) is 48.5 Å². The minimum atomic E-state index is -3.59. The molecule has 14 nitrogen and oxygen atoms in total. The van der Waals surface area contributed by atoms with Gasteiger partial charge in [0.05, 0.1) is 19.1 Å². The molecule has 21 heteroatoms. The Morgan fingerprint density at radius 2 is 0.955 bits per heavy atom. The van der Waals surface area contributed by atoms with Crippen molar-refractivity contribution in [2.24, 2.45) is 0 Å². The number of nitrogens with zero attached hydrogens (tertiary/aromatic N) is 6. The van der Waals surface area contributed by atoms with E-state index in [9.17, 15) is 26.4 Å². The second-order valence-electron chi connectivity index (χ2n) is 15.3. The van der Waals surface area contributed by atoms with Crippen LogP contribution in [0.4, 0.5) is 5.69 Å². The number of fused-ring (bicyclic) bond motifs is 1. The third-order valence-corrected chi connectivity index (χ3v) is 18.7. The number of carbonyl (C=O) groups is 2. The van der Waals surface area contributed by atoms with Gasteiger partial charge in [0.15, 0.2) is 0 Å². The molecule has 2 aliphatic heterocycles. The second kappa shape index (κ2) is 21.0. The molecular formula is C45H43Cl3N8O6S4. The average Bonchev–Trinajstić information content (AvgIpc) is 4.13. The van der Waals surface area contributed by atoms with E-state index in [0.29, 0.717) is 78.3 Å². The Kier molecular flexibility index (Phi) is 15.1. The maximum atomic E-state index is 13.2. The number of halogens is 3. The molecule has 0 atom stereocenters. The molecule has 0 unspecified atom stereocenters. The number of piperazine rings is 1. The number of sulfonamides is 2. The van der Waals surface area contributed by atoms with Gasteiger partial charge in [0, 0.05) is 80.9 Å². The summed E-state index contributed by atoms with van der Waals surface area (Å²) in [6.45, 7) is 3.36. The standard InChI is InChI=1S/C23H22ClN5O3S2.C22H21Cl2N3O3S2/c24-17-7-5-16(6-8-17)23(30)25-15-19-9-10-22(33-19)34(31,32)28-13-11-18(12-14-28)29-26-20-3-1-2-4-21(20)27-29;23-17-3-1-16(2-4-17)22(28)25-15-20-9-10-21(31-20)32(29,30)27-13-11-26(12-14-27)19-7-5-18(24)6-8-19/h1-10,18H,11-15H2,(H,25,30);1-10H,11-15H2,(H,25,28). The first-order valence-electron chi connectivity index (χ1n) is 20.8. The maximum Gasteiger partial charge on any atom is 0.252 e. The predicted octanol–water partition coefficient (Wildman–Crippen LogP) is 8.60. The zero-order chi connectivity index (χ0) is 46.4. The summed E-state index contributed by atoms with van der Waals surface area (Å²) in [4.78, 5) is 30.0. The summed E-state index contributed by atoms with van der Waals surface area (Å²) in [6.07, 6.45) is 1.30. The van der Waals surface area contributed by atoms with Gasteiger partial charge in [-0.3, -0.25) is 9.59 Å². The smallest absolute Gasteiger partial charge is 0.252 e. The summed E-state index contributed by atoms with van der Waals surface area (Å²) >= 11 is 20.0. The van der Waals surface area contributed by atoms with E-state index in [1.165, 1.54) is 31.3 Å². The molecule has 0 radical (unpaired) electrons. The van der Waals surface area contributed by atoms with Crippen molar-refractivity contribution in [1.82, 2.24) is 34.2 Å². The van der Waals surface area contributed by atoms with Gasteiger partial charge in [0.25, 0.3) is 31.9 Å². The van der Waals surface area contributed by atoms with Crippen LogP contribution in [-0.4, -0.2) is 91.5 Å². The highest BCUT2D eigenvalue weighted by molar-refractivity contribution is 7.91. The number of anilines is 1. The summed E-state index contributed by atoms with van der Waals surface area (Å²) < 4.78 is 56.1. The molecule has 2 amide bonds. The fourth-order valence-electron chi connectivity index (χ4n) is 7.37. The van der Waals surface area contributed by atoms with Gasteiger partial charge in [-0.1, -0.05) is 46.9 Å². The van der Waals surface area contributed by atoms with Crippen molar-refractivity contribution in [3.05, 3.63) is 157 Å². The zero-order valence-electron chi connectivity index (χ0n) is 35.1. The zero-order valence-corrected chi connectivity index (χ0v) is 40.6. The van der Waals surface area contributed by atoms with Crippen LogP contribution < -0.4 is 15.5 Å². The molecule has 0 spiro atoms. The number of amides is 2. The Morgan fingerprint density at radius 1 is 0.545 bits per heavy atom. The van der Waals surface area contributed by atoms with E-state index in [2.05, 4.69) is 25.7 Å². The van der Waals surface area contributed by atoms with Crippen LogP contribution in [0.2, 0.25) is 15.1 Å². The Balaban J connectivity index is 0.000000180. The number of carbonyl (C=O) groups excluding carboxylic acids is 2. The van der Waals surface area contributed by atoms with Crippen LogP contribution in [0.5, 0.6) is 0 Å². The molecule has 2 saturated heterocycles. The minimum absolute atomic E-state index is 0.0702. The van der Waals surface area contributed by atoms with Crippen molar-refractivity contribution in [2.75, 3.05) is 44.2 Å². The highest BCUT2D eigenvalue weighted by Crippen LogP contribution is 2.31. The third kappa shape index (κ3) is 11.4. The fourth-order valence-corrected chi connectivity index (χ4v) is 13.5. The Labute approximate surface area is 405 Å². The van der Waals surface area contributed by atoms with E-state index in [0.717, 1.165) is 26.5 Å². The Hall–Kier alpha value is -4.89. The fraction of sp³-hybridized carbons (Fsp3) is 0.244. The summed E-state index contributed by atoms with van der Waals surface area (Å²) in [6, 6.07) is 35.2. The van der Waals surface area contributed by atoms with Crippen LogP contribution >= 0.6 is 57.5 Å². The Bertz CT molecular complexity index is 2990. The van der Waals surface area contributed by atoms with E-state index in [4.69, 9.17) is 34.8 Å². The molecular weight excluding hydrogens is 983 g/mol. The molecule has 2 N–H and O–H groups in total. The molecule has 3 aromatic heterocycles. The van der Waals surface area contributed by atoms with E-state index < -0.39 is 20.0 Å². The van der Waals surface area contributed by atoms with Crippen LogP contribution in [0.15, 0.2) is 130 Å². The topological polar surface area (TPSA) is 167 Å².